The maximum atomic E-state index is 13.9. The zero-order chi connectivity index (χ0) is 28.9. The van der Waals surface area contributed by atoms with Crippen LogP contribution in [0.4, 0.5) is 5.82 Å². The summed E-state index contributed by atoms with van der Waals surface area (Å²) in [7, 11) is 1.55. The van der Waals surface area contributed by atoms with Crippen molar-refractivity contribution >= 4 is 29.5 Å². The van der Waals surface area contributed by atoms with Crippen molar-refractivity contribution in [2.45, 2.75) is 83.2 Å². The Balaban J connectivity index is 1.29. The molecule has 3 saturated carbocycles. The lowest BCUT2D eigenvalue weighted by Gasteiger charge is -2.35. The second-order valence-electron chi connectivity index (χ2n) is 11.8. The van der Waals surface area contributed by atoms with Crippen LogP contribution in [0.1, 0.15) is 82.9 Å². The maximum Gasteiger partial charge on any atom is 0.231 e. The van der Waals surface area contributed by atoms with Gasteiger partial charge in [-0.15, -0.1) is 0 Å². The molecule has 8 nitrogen and oxygen atoms in total. The SMILES string of the molecule is C=C(/C=N\C(OC)=C(/C)Cl)[C@H]1CC[C@H](CN(c2cc(-c3coc(C4CC4)n3)ccn2)C(=O)[C@H]2CC[C@H](O)CC2)CC1. The minimum absolute atomic E-state index is 0.0990. The summed E-state index contributed by atoms with van der Waals surface area (Å²) in [6.45, 7) is 6.62. The molecule has 41 heavy (non-hydrogen) atoms. The molecule has 0 aliphatic heterocycles. The molecule has 2 aromatic heterocycles. The largest absolute Gasteiger partial charge is 0.480 e. The van der Waals surface area contributed by atoms with Crippen molar-refractivity contribution in [1.82, 2.24) is 9.97 Å². The summed E-state index contributed by atoms with van der Waals surface area (Å²) < 4.78 is 11.0. The van der Waals surface area contributed by atoms with Crippen LogP contribution in [0, 0.1) is 17.8 Å². The highest BCUT2D eigenvalue weighted by Crippen LogP contribution is 2.40. The fraction of sp³-hybridized carbons (Fsp3) is 0.562. The molecule has 9 heteroatoms. The Morgan fingerprint density at radius 2 is 1.88 bits per heavy atom. The van der Waals surface area contributed by atoms with E-state index in [2.05, 4.69) is 16.6 Å². The van der Waals surface area contributed by atoms with E-state index in [0.29, 0.717) is 66.7 Å². The first kappa shape index (κ1) is 29.5. The average molecular weight is 581 g/mol. The lowest BCUT2D eigenvalue weighted by atomic mass is 9.78. The van der Waals surface area contributed by atoms with Crippen molar-refractivity contribution in [3.05, 3.63) is 53.6 Å². The van der Waals surface area contributed by atoms with E-state index >= 15 is 0 Å². The number of aliphatic hydroxyl groups excluding tert-OH is 1. The van der Waals surface area contributed by atoms with Crippen LogP contribution in [0.2, 0.25) is 0 Å². The van der Waals surface area contributed by atoms with E-state index in [1.165, 1.54) is 0 Å². The number of hydrogen-bond donors (Lipinski definition) is 1. The number of amides is 1. The Morgan fingerprint density at radius 1 is 1.17 bits per heavy atom. The fourth-order valence-corrected chi connectivity index (χ4v) is 6.13. The minimum Gasteiger partial charge on any atom is -0.480 e. The number of pyridine rings is 1. The van der Waals surface area contributed by atoms with Crippen LogP contribution < -0.4 is 4.90 Å². The molecule has 220 valence electrons. The van der Waals surface area contributed by atoms with Gasteiger partial charge in [-0.3, -0.25) is 9.69 Å². The summed E-state index contributed by atoms with van der Waals surface area (Å²) in [5, 5.41) is 10.5. The molecular formula is C32H41ClN4O4. The molecule has 0 aromatic carbocycles. The number of halogens is 1. The van der Waals surface area contributed by atoms with Crippen LogP contribution in [0.15, 0.2) is 57.1 Å². The molecule has 0 spiro atoms. The van der Waals surface area contributed by atoms with Gasteiger partial charge in [-0.2, -0.15) is 0 Å². The van der Waals surface area contributed by atoms with E-state index in [9.17, 15) is 9.90 Å². The fourth-order valence-electron chi connectivity index (χ4n) is 6.01. The molecule has 2 aromatic rings. The number of carbonyl (C=O) groups is 1. The summed E-state index contributed by atoms with van der Waals surface area (Å²) in [5.41, 5.74) is 2.65. The summed E-state index contributed by atoms with van der Waals surface area (Å²) in [6.07, 6.45) is 13.8. The highest BCUT2D eigenvalue weighted by atomic mass is 35.5. The summed E-state index contributed by atoms with van der Waals surface area (Å²) in [4.78, 5) is 29.6. The van der Waals surface area contributed by atoms with Crippen molar-refractivity contribution in [2.24, 2.45) is 22.7 Å². The molecule has 2 heterocycles. The van der Waals surface area contributed by atoms with Gasteiger partial charge in [-0.1, -0.05) is 18.2 Å². The third-order valence-electron chi connectivity index (χ3n) is 8.73. The zero-order valence-corrected chi connectivity index (χ0v) is 24.9. The summed E-state index contributed by atoms with van der Waals surface area (Å²) in [6, 6.07) is 3.89. The van der Waals surface area contributed by atoms with Crippen molar-refractivity contribution in [3.63, 3.8) is 0 Å². The number of allylic oxidation sites excluding steroid dienone is 2. The number of nitrogens with zero attached hydrogens (tertiary/aromatic N) is 4. The number of oxazole rings is 1. The van der Waals surface area contributed by atoms with E-state index < -0.39 is 0 Å². The van der Waals surface area contributed by atoms with Crippen LogP contribution in [-0.2, 0) is 9.53 Å². The molecule has 3 aliphatic rings. The van der Waals surface area contributed by atoms with Gasteiger partial charge in [0.05, 0.1) is 18.2 Å². The molecule has 5 rings (SSSR count). The van der Waals surface area contributed by atoms with Crippen LogP contribution >= 0.6 is 11.6 Å². The number of aliphatic hydroxyl groups is 1. The molecular weight excluding hydrogens is 540 g/mol. The summed E-state index contributed by atoms with van der Waals surface area (Å²) in [5.74, 6) is 2.98. The molecule has 0 bridgehead atoms. The van der Waals surface area contributed by atoms with Gasteiger partial charge in [0.1, 0.15) is 17.8 Å². The number of anilines is 1. The number of hydrogen-bond acceptors (Lipinski definition) is 7. The lowest BCUT2D eigenvalue weighted by molar-refractivity contribution is -0.124. The number of methoxy groups -OCH3 is 1. The Hall–Kier alpha value is -2.97. The second-order valence-corrected chi connectivity index (χ2v) is 12.4. The van der Waals surface area contributed by atoms with Gasteiger partial charge in [-0.05, 0) is 101 Å². The molecule has 3 fully saturated rings. The molecule has 0 atom stereocenters. The van der Waals surface area contributed by atoms with Crippen LogP contribution in [0.3, 0.4) is 0 Å². The van der Waals surface area contributed by atoms with Gasteiger partial charge in [0.2, 0.25) is 11.8 Å². The van der Waals surface area contributed by atoms with E-state index in [0.717, 1.165) is 61.2 Å². The van der Waals surface area contributed by atoms with Crippen molar-refractivity contribution in [2.75, 3.05) is 18.6 Å². The van der Waals surface area contributed by atoms with E-state index in [1.807, 2.05) is 17.0 Å². The summed E-state index contributed by atoms with van der Waals surface area (Å²) >= 11 is 6.03. The predicted octanol–water partition coefficient (Wildman–Crippen LogP) is 7.01. The monoisotopic (exact) mass is 580 g/mol. The number of carbonyl (C=O) groups excluding carboxylic acids is 1. The van der Waals surface area contributed by atoms with E-state index in [4.69, 9.17) is 25.7 Å². The van der Waals surface area contributed by atoms with E-state index in [-0.39, 0.29) is 17.9 Å². The van der Waals surface area contributed by atoms with E-state index in [1.54, 1.807) is 32.7 Å². The maximum absolute atomic E-state index is 13.9. The molecule has 0 unspecified atom stereocenters. The Labute approximate surface area is 247 Å². The second kappa shape index (κ2) is 13.3. The van der Waals surface area contributed by atoms with Gasteiger partial charge >= 0.3 is 0 Å². The Bertz CT molecular complexity index is 1280. The average Bonchev–Trinajstić information content (AvgIpc) is 3.72. The molecule has 0 saturated heterocycles. The Kier molecular flexibility index (Phi) is 9.60. The highest BCUT2D eigenvalue weighted by molar-refractivity contribution is 6.29. The Morgan fingerprint density at radius 3 is 2.54 bits per heavy atom. The first-order valence-corrected chi connectivity index (χ1v) is 15.2. The topological polar surface area (TPSA) is 101 Å². The quantitative estimate of drug-likeness (QED) is 0.240. The molecule has 3 aliphatic carbocycles. The third-order valence-corrected chi connectivity index (χ3v) is 8.89. The zero-order valence-electron chi connectivity index (χ0n) is 24.1. The van der Waals surface area contributed by atoms with Gasteiger partial charge in [0, 0.05) is 36.4 Å². The smallest absolute Gasteiger partial charge is 0.231 e. The van der Waals surface area contributed by atoms with Crippen LogP contribution in [0.25, 0.3) is 11.3 Å². The van der Waals surface area contributed by atoms with Crippen molar-refractivity contribution < 1.29 is 19.1 Å². The normalized spacial score (nSPS) is 25.6. The highest BCUT2D eigenvalue weighted by Gasteiger charge is 2.33. The standard InChI is InChI=1S/C32H41ClN4O4/c1-20(17-35-30(40-3)21(2)33)23-6-4-22(5-7-23)18-37(32(39)25-10-12-27(38)13-11-25)29-16-26(14-15-34-29)28-19-41-31(36-28)24-8-9-24/h14-17,19,22-25,27,38H,1,4-13,18H2,2-3H3/b30-21-,35-17-/t22-,23-,25-,27-. The number of rotatable bonds is 10. The molecule has 1 N–H and O–H groups in total. The van der Waals surface area contributed by atoms with Crippen LogP contribution in [0.5, 0.6) is 0 Å². The van der Waals surface area contributed by atoms with Gasteiger partial charge in [0.15, 0.2) is 5.89 Å². The predicted molar refractivity (Wildman–Crippen MR) is 161 cm³/mol. The van der Waals surface area contributed by atoms with Gasteiger partial charge in [-0.25, -0.2) is 15.0 Å². The van der Waals surface area contributed by atoms with Gasteiger partial charge < -0.3 is 14.3 Å². The third kappa shape index (κ3) is 7.46. The number of aromatic nitrogens is 2. The van der Waals surface area contributed by atoms with Crippen molar-refractivity contribution in [1.29, 1.82) is 0 Å². The molecule has 0 radical (unpaired) electrons. The lowest BCUT2D eigenvalue weighted by Crippen LogP contribution is -2.42. The first-order chi connectivity index (χ1) is 19.8. The van der Waals surface area contributed by atoms with Crippen molar-refractivity contribution in [3.8, 4) is 11.3 Å². The number of ether oxygens (including phenoxy) is 1. The van der Waals surface area contributed by atoms with Crippen LogP contribution in [-0.4, -0.2) is 47.0 Å². The van der Waals surface area contributed by atoms with Gasteiger partial charge in [0.25, 0.3) is 0 Å². The molecule has 1 amide bonds. The minimum atomic E-state index is -0.308. The first-order valence-electron chi connectivity index (χ1n) is 14.9. The number of aliphatic imine (C=N–C) groups is 1.